The fourth-order valence-electron chi connectivity index (χ4n) is 5.28. The van der Waals surface area contributed by atoms with E-state index in [1.807, 2.05) is 24.3 Å². The molecule has 2 aliphatic heterocycles. The molecule has 190 valence electrons. The van der Waals surface area contributed by atoms with Gasteiger partial charge in [-0.3, -0.25) is 9.69 Å². The SMILES string of the molecule is CC(=O)CN1CCC(Cc2ccc(-c3ccc(C4CNC4)cc3)c(-c3nn[nH]n3)c2S(N)(=O)=O)CC1. The summed E-state index contributed by atoms with van der Waals surface area (Å²) in [5, 5.41) is 23.5. The Morgan fingerprint density at radius 3 is 2.39 bits per heavy atom. The third-order valence-corrected chi connectivity index (χ3v) is 8.26. The van der Waals surface area contributed by atoms with Crippen LogP contribution in [-0.4, -0.2) is 72.4 Å². The van der Waals surface area contributed by atoms with E-state index in [1.54, 1.807) is 6.92 Å². The molecule has 3 aromatic rings. The second kappa shape index (κ2) is 10.2. The van der Waals surface area contributed by atoms with Crippen molar-refractivity contribution >= 4 is 15.8 Å². The molecule has 0 aliphatic carbocycles. The molecule has 11 heteroatoms. The van der Waals surface area contributed by atoms with Gasteiger partial charge in [0.1, 0.15) is 5.78 Å². The van der Waals surface area contributed by atoms with Gasteiger partial charge in [0, 0.05) is 19.0 Å². The number of sulfonamides is 1. The van der Waals surface area contributed by atoms with Gasteiger partial charge < -0.3 is 5.32 Å². The lowest BCUT2D eigenvalue weighted by Crippen LogP contribution is -2.39. The van der Waals surface area contributed by atoms with Crippen LogP contribution in [0.25, 0.3) is 22.5 Å². The average molecular weight is 510 g/mol. The first-order valence-electron chi connectivity index (χ1n) is 12.2. The maximum Gasteiger partial charge on any atom is 0.239 e. The van der Waals surface area contributed by atoms with Gasteiger partial charge in [0.25, 0.3) is 0 Å². The van der Waals surface area contributed by atoms with Crippen molar-refractivity contribution in [3.8, 4) is 22.5 Å². The summed E-state index contributed by atoms with van der Waals surface area (Å²) in [6.07, 6.45) is 2.33. The number of hydrogen-bond donors (Lipinski definition) is 3. The maximum absolute atomic E-state index is 13.0. The molecule has 4 N–H and O–H groups in total. The molecule has 0 radical (unpaired) electrons. The smallest absolute Gasteiger partial charge is 0.239 e. The van der Waals surface area contributed by atoms with E-state index in [4.69, 9.17) is 5.14 Å². The zero-order valence-corrected chi connectivity index (χ0v) is 21.1. The highest BCUT2D eigenvalue weighted by atomic mass is 32.2. The lowest BCUT2D eigenvalue weighted by Gasteiger charge is -2.31. The third-order valence-electron chi connectivity index (χ3n) is 7.23. The van der Waals surface area contributed by atoms with Crippen LogP contribution in [0.5, 0.6) is 0 Å². The largest absolute Gasteiger partial charge is 0.315 e. The molecular formula is C25H31N7O3S. The monoisotopic (exact) mass is 509 g/mol. The molecule has 0 amide bonds. The minimum Gasteiger partial charge on any atom is -0.315 e. The summed E-state index contributed by atoms with van der Waals surface area (Å²) >= 11 is 0. The third kappa shape index (κ3) is 5.24. The van der Waals surface area contributed by atoms with Gasteiger partial charge in [0.15, 0.2) is 0 Å². The van der Waals surface area contributed by atoms with Crippen LogP contribution in [0.4, 0.5) is 0 Å². The number of rotatable bonds is 8. The number of aromatic nitrogens is 4. The standard InChI is InChI=1S/C25H31N7O3S/c1-16(33)15-32-10-8-17(9-11-32)12-20-6-7-22(19-4-2-18(3-5-19)21-13-27-14-21)23(24(20)36(26,34)35)25-28-30-31-29-25/h2-7,17,21,27H,8-15H2,1H3,(H2,26,34,35)(H,28,29,30,31). The van der Waals surface area contributed by atoms with E-state index < -0.39 is 10.0 Å². The summed E-state index contributed by atoms with van der Waals surface area (Å²) in [6.45, 7) is 5.61. The van der Waals surface area contributed by atoms with E-state index in [0.29, 0.717) is 35.6 Å². The number of ketones is 1. The van der Waals surface area contributed by atoms with Crippen LogP contribution in [0.15, 0.2) is 41.3 Å². The molecule has 5 rings (SSSR count). The number of benzene rings is 2. The second-order valence-corrected chi connectivity index (χ2v) is 11.4. The minimum atomic E-state index is -4.10. The summed E-state index contributed by atoms with van der Waals surface area (Å²) in [7, 11) is -4.10. The van der Waals surface area contributed by atoms with E-state index in [0.717, 1.165) is 44.6 Å². The predicted octanol–water partition coefficient (Wildman–Crippen LogP) is 1.71. The van der Waals surface area contributed by atoms with Crippen LogP contribution in [-0.2, 0) is 21.2 Å². The quantitative estimate of drug-likeness (QED) is 0.416. The molecule has 2 fully saturated rings. The highest BCUT2D eigenvalue weighted by Crippen LogP contribution is 2.39. The van der Waals surface area contributed by atoms with Gasteiger partial charge in [-0.15, -0.1) is 10.2 Å². The van der Waals surface area contributed by atoms with Crippen LogP contribution in [0.2, 0.25) is 0 Å². The van der Waals surface area contributed by atoms with Crippen molar-refractivity contribution in [2.45, 2.75) is 37.0 Å². The van der Waals surface area contributed by atoms with E-state index in [-0.39, 0.29) is 22.4 Å². The highest BCUT2D eigenvalue weighted by Gasteiger charge is 2.29. The number of aromatic amines is 1. The van der Waals surface area contributed by atoms with Crippen molar-refractivity contribution in [1.29, 1.82) is 0 Å². The number of nitrogens with two attached hydrogens (primary N) is 1. The van der Waals surface area contributed by atoms with E-state index in [1.165, 1.54) is 5.56 Å². The molecule has 36 heavy (non-hydrogen) atoms. The van der Waals surface area contributed by atoms with E-state index in [9.17, 15) is 13.2 Å². The van der Waals surface area contributed by atoms with Gasteiger partial charge >= 0.3 is 0 Å². The number of tetrazole rings is 1. The molecular weight excluding hydrogens is 478 g/mol. The fraction of sp³-hybridized carbons (Fsp3) is 0.440. The van der Waals surface area contributed by atoms with Crippen molar-refractivity contribution in [1.82, 2.24) is 30.8 Å². The maximum atomic E-state index is 13.0. The Morgan fingerprint density at radius 2 is 1.83 bits per heavy atom. The molecule has 2 saturated heterocycles. The number of nitrogens with zero attached hydrogens (tertiary/aromatic N) is 4. The Morgan fingerprint density at radius 1 is 1.11 bits per heavy atom. The first kappa shape index (κ1) is 24.7. The molecule has 10 nitrogen and oxygen atoms in total. The zero-order valence-electron chi connectivity index (χ0n) is 20.3. The van der Waals surface area contributed by atoms with Gasteiger partial charge in [-0.1, -0.05) is 36.4 Å². The second-order valence-electron chi connectivity index (χ2n) is 9.86. The molecule has 0 spiro atoms. The number of H-pyrrole nitrogens is 1. The number of nitrogens with one attached hydrogen (secondary N) is 2. The Bertz CT molecular complexity index is 1330. The number of piperidine rings is 1. The van der Waals surface area contributed by atoms with Gasteiger partial charge in [-0.25, -0.2) is 13.6 Å². The lowest BCUT2D eigenvalue weighted by atomic mass is 9.87. The summed E-state index contributed by atoms with van der Waals surface area (Å²) < 4.78 is 26.0. The van der Waals surface area contributed by atoms with Crippen molar-refractivity contribution in [3.05, 3.63) is 47.5 Å². The lowest BCUT2D eigenvalue weighted by molar-refractivity contribution is -0.118. The Labute approximate surface area is 210 Å². The van der Waals surface area contributed by atoms with Crippen molar-refractivity contribution in [2.75, 3.05) is 32.7 Å². The van der Waals surface area contributed by atoms with Gasteiger partial charge in [-0.2, -0.15) is 5.21 Å². The molecule has 2 aliphatic rings. The van der Waals surface area contributed by atoms with Crippen molar-refractivity contribution < 1.29 is 13.2 Å². The predicted molar refractivity (Wildman–Crippen MR) is 136 cm³/mol. The normalized spacial score (nSPS) is 17.7. The zero-order chi connectivity index (χ0) is 25.3. The van der Waals surface area contributed by atoms with Gasteiger partial charge in [-0.05, 0) is 72.7 Å². The molecule has 1 aromatic heterocycles. The molecule has 0 bridgehead atoms. The fourth-order valence-corrected chi connectivity index (χ4v) is 6.28. The van der Waals surface area contributed by atoms with Crippen LogP contribution >= 0.6 is 0 Å². The van der Waals surface area contributed by atoms with Crippen molar-refractivity contribution in [3.63, 3.8) is 0 Å². The molecule has 0 atom stereocenters. The number of primary sulfonamides is 1. The first-order valence-corrected chi connectivity index (χ1v) is 13.8. The number of likely N-dealkylation sites (tertiary alicyclic amines) is 1. The minimum absolute atomic E-state index is 0.0554. The summed E-state index contributed by atoms with van der Waals surface area (Å²) in [5.41, 5.74) is 3.83. The average Bonchev–Trinajstić information content (AvgIpc) is 3.33. The summed E-state index contributed by atoms with van der Waals surface area (Å²) in [5.74, 6) is 1.13. The first-order chi connectivity index (χ1) is 17.3. The topological polar surface area (TPSA) is 147 Å². The number of carbonyl (C=O) groups is 1. The Hall–Kier alpha value is -2.99. The summed E-state index contributed by atoms with van der Waals surface area (Å²) in [6, 6.07) is 12.0. The van der Waals surface area contributed by atoms with E-state index >= 15 is 0 Å². The van der Waals surface area contributed by atoms with Crippen molar-refractivity contribution in [2.24, 2.45) is 11.1 Å². The number of hydrogen-bond acceptors (Lipinski definition) is 8. The van der Waals surface area contributed by atoms with Crippen LogP contribution in [0.3, 0.4) is 0 Å². The Balaban J connectivity index is 1.52. The van der Waals surface area contributed by atoms with Crippen LogP contribution in [0, 0.1) is 5.92 Å². The van der Waals surface area contributed by atoms with Crippen LogP contribution in [0.1, 0.15) is 36.8 Å². The van der Waals surface area contributed by atoms with Gasteiger partial charge in [0.2, 0.25) is 15.8 Å². The van der Waals surface area contributed by atoms with E-state index in [2.05, 4.69) is 43.0 Å². The number of Topliss-reactive ketones (excluding diaryl/α,β-unsaturated/α-hetero) is 1. The molecule has 3 heterocycles. The number of carbonyl (C=O) groups excluding carboxylic acids is 1. The molecule has 0 unspecified atom stereocenters. The van der Waals surface area contributed by atoms with Crippen LogP contribution < -0.4 is 10.5 Å². The van der Waals surface area contributed by atoms with Gasteiger partial charge in [0.05, 0.1) is 17.0 Å². The molecule has 2 aromatic carbocycles. The molecule has 0 saturated carbocycles. The highest BCUT2D eigenvalue weighted by molar-refractivity contribution is 7.89. The summed E-state index contributed by atoms with van der Waals surface area (Å²) in [4.78, 5) is 13.7. The Kier molecular flexibility index (Phi) is 6.98.